The van der Waals surface area contributed by atoms with Crippen molar-refractivity contribution in [2.75, 3.05) is 18.4 Å². The van der Waals surface area contributed by atoms with Crippen LogP contribution in [0.5, 0.6) is 0 Å². The van der Waals surface area contributed by atoms with Crippen molar-refractivity contribution in [1.82, 2.24) is 4.90 Å². The molecule has 0 aromatic heterocycles. The van der Waals surface area contributed by atoms with Gasteiger partial charge in [0.25, 0.3) is 5.69 Å². The van der Waals surface area contributed by atoms with E-state index in [0.717, 1.165) is 30.9 Å². The van der Waals surface area contributed by atoms with E-state index in [9.17, 15) is 10.1 Å². The largest absolute Gasteiger partial charge is 0.385 e. The smallest absolute Gasteiger partial charge is 0.269 e. The van der Waals surface area contributed by atoms with E-state index in [1.54, 1.807) is 12.1 Å². The summed E-state index contributed by atoms with van der Waals surface area (Å²) in [4.78, 5) is 13.1. The van der Waals surface area contributed by atoms with Gasteiger partial charge in [-0.2, -0.15) is 0 Å². The van der Waals surface area contributed by atoms with Gasteiger partial charge in [0.15, 0.2) is 0 Å². The van der Waals surface area contributed by atoms with Gasteiger partial charge in [0.1, 0.15) is 0 Å². The third-order valence-corrected chi connectivity index (χ3v) is 4.29. The normalized spacial score (nSPS) is 15.6. The standard InChI is InChI=1S/C16H25N3O2/c1-3-17-16-10-9-15(19(20)21)11-13(16)12-18(4-2)14-7-5-6-8-14/h9-11,14,17H,3-8,12H2,1-2H3. The van der Waals surface area contributed by atoms with Crippen molar-refractivity contribution in [2.24, 2.45) is 0 Å². The van der Waals surface area contributed by atoms with Crippen molar-refractivity contribution in [2.45, 2.75) is 52.1 Å². The molecule has 0 radical (unpaired) electrons. The topological polar surface area (TPSA) is 58.4 Å². The maximum Gasteiger partial charge on any atom is 0.269 e. The van der Waals surface area contributed by atoms with Gasteiger partial charge < -0.3 is 5.32 Å². The number of nitro groups is 1. The summed E-state index contributed by atoms with van der Waals surface area (Å²) >= 11 is 0. The summed E-state index contributed by atoms with van der Waals surface area (Å²) in [5.74, 6) is 0. The van der Waals surface area contributed by atoms with Crippen molar-refractivity contribution in [3.05, 3.63) is 33.9 Å². The van der Waals surface area contributed by atoms with Crippen LogP contribution in [-0.2, 0) is 6.54 Å². The highest BCUT2D eigenvalue weighted by Gasteiger charge is 2.22. The van der Waals surface area contributed by atoms with Gasteiger partial charge in [0.2, 0.25) is 0 Å². The summed E-state index contributed by atoms with van der Waals surface area (Å²) in [5.41, 5.74) is 2.22. The first kappa shape index (κ1) is 15.8. The van der Waals surface area contributed by atoms with E-state index in [-0.39, 0.29) is 10.6 Å². The van der Waals surface area contributed by atoms with E-state index in [4.69, 9.17) is 0 Å². The zero-order valence-corrected chi connectivity index (χ0v) is 13.0. The number of hydrogen-bond donors (Lipinski definition) is 1. The molecule has 5 nitrogen and oxygen atoms in total. The number of rotatable bonds is 7. The van der Waals surface area contributed by atoms with Crippen LogP contribution < -0.4 is 5.32 Å². The zero-order chi connectivity index (χ0) is 15.2. The second-order valence-corrected chi connectivity index (χ2v) is 5.63. The lowest BCUT2D eigenvalue weighted by Crippen LogP contribution is -2.32. The first-order valence-electron chi connectivity index (χ1n) is 7.91. The molecule has 1 aliphatic rings. The third kappa shape index (κ3) is 3.94. The van der Waals surface area contributed by atoms with Crippen molar-refractivity contribution in [3.8, 4) is 0 Å². The molecule has 21 heavy (non-hydrogen) atoms. The lowest BCUT2D eigenvalue weighted by Gasteiger charge is -2.28. The first-order valence-corrected chi connectivity index (χ1v) is 7.91. The Balaban J connectivity index is 2.21. The molecule has 0 saturated heterocycles. The van der Waals surface area contributed by atoms with Gasteiger partial charge in [-0.3, -0.25) is 15.0 Å². The van der Waals surface area contributed by atoms with E-state index >= 15 is 0 Å². The number of hydrogen-bond acceptors (Lipinski definition) is 4. The van der Waals surface area contributed by atoms with Crippen LogP contribution in [0.1, 0.15) is 45.1 Å². The fourth-order valence-electron chi connectivity index (χ4n) is 3.17. The molecule has 1 saturated carbocycles. The Bertz CT molecular complexity index is 484. The Kier molecular flexibility index (Phi) is 5.56. The number of anilines is 1. The van der Waals surface area contributed by atoms with Gasteiger partial charge >= 0.3 is 0 Å². The molecule has 2 rings (SSSR count). The predicted molar refractivity (Wildman–Crippen MR) is 85.6 cm³/mol. The Morgan fingerprint density at radius 3 is 2.62 bits per heavy atom. The van der Waals surface area contributed by atoms with Crippen molar-refractivity contribution in [1.29, 1.82) is 0 Å². The van der Waals surface area contributed by atoms with Gasteiger partial charge in [-0.1, -0.05) is 19.8 Å². The highest BCUT2D eigenvalue weighted by atomic mass is 16.6. The molecular weight excluding hydrogens is 266 g/mol. The minimum Gasteiger partial charge on any atom is -0.385 e. The van der Waals surface area contributed by atoms with Gasteiger partial charge in [0.05, 0.1) is 4.92 Å². The monoisotopic (exact) mass is 291 g/mol. The molecule has 5 heteroatoms. The highest BCUT2D eigenvalue weighted by molar-refractivity contribution is 5.56. The number of non-ortho nitro benzene ring substituents is 1. The van der Waals surface area contributed by atoms with Crippen molar-refractivity contribution < 1.29 is 4.92 Å². The van der Waals surface area contributed by atoms with Crippen LogP contribution in [0.2, 0.25) is 0 Å². The van der Waals surface area contributed by atoms with Gasteiger partial charge in [0, 0.05) is 37.0 Å². The van der Waals surface area contributed by atoms with Crippen molar-refractivity contribution in [3.63, 3.8) is 0 Å². The molecule has 0 aliphatic heterocycles. The van der Waals surface area contributed by atoms with Crippen LogP contribution in [-0.4, -0.2) is 29.0 Å². The Labute approximate surface area is 126 Å². The maximum absolute atomic E-state index is 11.0. The molecule has 1 fully saturated rings. The van der Waals surface area contributed by atoms with Crippen LogP contribution in [0.25, 0.3) is 0 Å². The average Bonchev–Trinajstić information content (AvgIpc) is 3.00. The van der Waals surface area contributed by atoms with E-state index in [2.05, 4.69) is 17.1 Å². The second kappa shape index (κ2) is 7.41. The first-order chi connectivity index (χ1) is 10.2. The molecule has 0 spiro atoms. The van der Waals surface area contributed by atoms with Crippen LogP contribution >= 0.6 is 0 Å². The van der Waals surface area contributed by atoms with E-state index < -0.39 is 0 Å². The molecule has 1 aromatic carbocycles. The summed E-state index contributed by atoms with van der Waals surface area (Å²) in [6.07, 6.45) is 5.10. The van der Waals surface area contributed by atoms with Gasteiger partial charge in [-0.25, -0.2) is 0 Å². The maximum atomic E-state index is 11.0. The number of nitrogens with zero attached hydrogens (tertiary/aromatic N) is 2. The summed E-state index contributed by atoms with van der Waals surface area (Å²) in [6, 6.07) is 5.76. The fraction of sp³-hybridized carbons (Fsp3) is 0.625. The third-order valence-electron chi connectivity index (χ3n) is 4.29. The Hall–Kier alpha value is -1.62. The van der Waals surface area contributed by atoms with Crippen LogP contribution in [0.3, 0.4) is 0 Å². The van der Waals surface area contributed by atoms with Crippen LogP contribution in [0, 0.1) is 10.1 Å². The number of benzene rings is 1. The number of nitrogens with one attached hydrogen (secondary N) is 1. The Morgan fingerprint density at radius 2 is 2.05 bits per heavy atom. The summed E-state index contributed by atoms with van der Waals surface area (Å²) in [7, 11) is 0. The lowest BCUT2D eigenvalue weighted by atomic mass is 10.1. The van der Waals surface area contributed by atoms with Gasteiger partial charge in [-0.05, 0) is 37.9 Å². The molecule has 1 N–H and O–H groups in total. The SMILES string of the molecule is CCNc1ccc([N+](=O)[O-])cc1CN(CC)C1CCCC1. The molecule has 0 atom stereocenters. The summed E-state index contributed by atoms with van der Waals surface area (Å²) in [6.45, 7) is 6.80. The van der Waals surface area contributed by atoms with Crippen LogP contribution in [0.4, 0.5) is 11.4 Å². The molecule has 116 valence electrons. The zero-order valence-electron chi connectivity index (χ0n) is 13.0. The molecule has 1 aromatic rings. The number of nitro benzene ring substituents is 1. The van der Waals surface area contributed by atoms with E-state index in [0.29, 0.717) is 6.04 Å². The molecule has 1 aliphatic carbocycles. The predicted octanol–water partition coefficient (Wildman–Crippen LogP) is 3.79. The minimum atomic E-state index is -0.314. The Morgan fingerprint density at radius 1 is 1.33 bits per heavy atom. The molecule has 0 bridgehead atoms. The van der Waals surface area contributed by atoms with E-state index in [1.807, 2.05) is 13.0 Å². The lowest BCUT2D eigenvalue weighted by molar-refractivity contribution is -0.384. The molecular formula is C16H25N3O2. The average molecular weight is 291 g/mol. The minimum absolute atomic E-state index is 0.175. The highest BCUT2D eigenvalue weighted by Crippen LogP contribution is 2.28. The second-order valence-electron chi connectivity index (χ2n) is 5.63. The molecule has 0 unspecified atom stereocenters. The van der Waals surface area contributed by atoms with E-state index in [1.165, 1.54) is 25.7 Å². The van der Waals surface area contributed by atoms with Gasteiger partial charge in [-0.15, -0.1) is 0 Å². The van der Waals surface area contributed by atoms with Crippen LogP contribution in [0.15, 0.2) is 18.2 Å². The molecule has 0 heterocycles. The quantitative estimate of drug-likeness (QED) is 0.613. The fourth-order valence-corrected chi connectivity index (χ4v) is 3.17. The summed E-state index contributed by atoms with van der Waals surface area (Å²) in [5, 5.41) is 14.3. The van der Waals surface area contributed by atoms with Crippen molar-refractivity contribution >= 4 is 11.4 Å². The molecule has 0 amide bonds. The summed E-state index contributed by atoms with van der Waals surface area (Å²) < 4.78 is 0.